The van der Waals surface area contributed by atoms with E-state index in [1.807, 2.05) is 60.9 Å². The highest BCUT2D eigenvalue weighted by Crippen LogP contribution is 2.30. The summed E-state index contributed by atoms with van der Waals surface area (Å²) in [6.07, 6.45) is 3.82. The molecular weight excluding hydrogens is 427 g/mol. The lowest BCUT2D eigenvalue weighted by Gasteiger charge is -2.20. The Balaban J connectivity index is 0.000000640. The van der Waals surface area contributed by atoms with E-state index < -0.39 is 5.09 Å². The van der Waals surface area contributed by atoms with Crippen molar-refractivity contribution >= 4 is 34.8 Å². The number of nitrogens with zero attached hydrogens (tertiary/aromatic N) is 2. The third-order valence-electron chi connectivity index (χ3n) is 3.72. The lowest BCUT2D eigenvalue weighted by Crippen LogP contribution is -2.12. The normalized spacial score (nSPS) is 11.4. The van der Waals surface area contributed by atoms with E-state index in [1.165, 1.54) is 0 Å². The lowest BCUT2D eigenvalue weighted by molar-refractivity contribution is -0.742. The van der Waals surface area contributed by atoms with E-state index in [-0.39, 0.29) is 6.10 Å². The number of hydrogen-bond acceptors (Lipinski definition) is 3. The molecular formula is C19H17Cl3N2O4. The van der Waals surface area contributed by atoms with Gasteiger partial charge in [0, 0.05) is 33.0 Å². The zero-order valence-electron chi connectivity index (χ0n) is 14.5. The van der Waals surface area contributed by atoms with Crippen LogP contribution in [-0.4, -0.2) is 14.9 Å². The number of aromatic nitrogens is 1. The van der Waals surface area contributed by atoms with Crippen LogP contribution >= 0.6 is 34.8 Å². The Morgan fingerprint density at radius 3 is 2.18 bits per heavy atom. The Kier molecular flexibility index (Phi) is 8.60. The van der Waals surface area contributed by atoms with Crippen LogP contribution in [0.4, 0.5) is 0 Å². The molecule has 2 aromatic carbocycles. The molecule has 3 rings (SSSR count). The number of benzene rings is 2. The van der Waals surface area contributed by atoms with Crippen LogP contribution in [-0.2, 0) is 17.9 Å². The third-order valence-corrected chi connectivity index (χ3v) is 4.53. The molecule has 0 saturated heterocycles. The molecule has 3 aromatic rings. The van der Waals surface area contributed by atoms with Gasteiger partial charge in [0.25, 0.3) is 5.09 Å². The van der Waals surface area contributed by atoms with Gasteiger partial charge in [-0.3, -0.25) is 0 Å². The van der Waals surface area contributed by atoms with Crippen molar-refractivity contribution < 1.29 is 15.0 Å². The maximum absolute atomic E-state index is 8.36. The quantitative estimate of drug-likeness (QED) is 0.371. The van der Waals surface area contributed by atoms with Crippen LogP contribution in [0.3, 0.4) is 0 Å². The Morgan fingerprint density at radius 1 is 1.04 bits per heavy atom. The van der Waals surface area contributed by atoms with E-state index in [0.717, 1.165) is 11.1 Å². The fourth-order valence-corrected chi connectivity index (χ4v) is 3.12. The first kappa shape index (κ1) is 22.0. The summed E-state index contributed by atoms with van der Waals surface area (Å²) in [6, 6.07) is 17.1. The van der Waals surface area contributed by atoms with Gasteiger partial charge >= 0.3 is 0 Å². The van der Waals surface area contributed by atoms with Crippen molar-refractivity contribution in [2.75, 3.05) is 0 Å². The summed E-state index contributed by atoms with van der Waals surface area (Å²) in [4.78, 5) is 8.36. The minimum absolute atomic E-state index is 0.183. The van der Waals surface area contributed by atoms with Crippen molar-refractivity contribution in [3.63, 3.8) is 0 Å². The van der Waals surface area contributed by atoms with Crippen molar-refractivity contribution in [2.24, 2.45) is 0 Å². The van der Waals surface area contributed by atoms with Crippen LogP contribution in [0.25, 0.3) is 0 Å². The van der Waals surface area contributed by atoms with Crippen LogP contribution in [0.15, 0.2) is 67.0 Å². The third kappa shape index (κ3) is 7.40. The molecule has 1 unspecified atom stereocenters. The first-order valence-electron chi connectivity index (χ1n) is 8.10. The molecule has 28 heavy (non-hydrogen) atoms. The van der Waals surface area contributed by atoms with Crippen LogP contribution in [0.2, 0.25) is 15.1 Å². The molecule has 1 heterocycles. The Hall–Kier alpha value is -2.25. The molecule has 1 atom stereocenters. The van der Waals surface area contributed by atoms with E-state index in [9.17, 15) is 0 Å². The molecule has 1 aromatic heterocycles. The van der Waals surface area contributed by atoms with E-state index in [0.29, 0.717) is 28.2 Å². The van der Waals surface area contributed by atoms with Crippen LogP contribution < -0.4 is 0 Å². The number of ether oxygens (including phenoxy) is 1. The zero-order valence-corrected chi connectivity index (χ0v) is 16.8. The van der Waals surface area contributed by atoms with E-state index in [2.05, 4.69) is 4.57 Å². The average Bonchev–Trinajstić information content (AvgIpc) is 3.13. The second kappa shape index (κ2) is 10.9. The first-order valence-corrected chi connectivity index (χ1v) is 9.23. The van der Waals surface area contributed by atoms with Crippen LogP contribution in [0.1, 0.15) is 17.2 Å². The largest absolute Gasteiger partial charge is 0.367 e. The molecule has 0 aliphatic rings. The molecule has 148 valence electrons. The Morgan fingerprint density at radius 2 is 1.61 bits per heavy atom. The highest BCUT2D eigenvalue weighted by atomic mass is 35.5. The van der Waals surface area contributed by atoms with Gasteiger partial charge in [-0.15, -0.1) is 10.1 Å². The summed E-state index contributed by atoms with van der Waals surface area (Å²) < 4.78 is 8.22. The molecule has 0 aliphatic carbocycles. The second-order valence-electron chi connectivity index (χ2n) is 5.71. The first-order chi connectivity index (χ1) is 13.3. The molecule has 0 spiro atoms. The maximum atomic E-state index is 8.36. The van der Waals surface area contributed by atoms with Gasteiger partial charge in [-0.05, 0) is 42.0 Å². The maximum Gasteiger partial charge on any atom is 0.291 e. The number of hydrogen-bond donors (Lipinski definition) is 1. The van der Waals surface area contributed by atoms with Gasteiger partial charge in [0.05, 0.1) is 13.2 Å². The minimum atomic E-state index is -1.50. The SMILES string of the molecule is Clc1ccc(COC(Cn2cccc2)c2ccc(Cl)cc2Cl)cc1.O=[N+]([O-])O. The molecule has 0 radical (unpaired) electrons. The molecule has 0 saturated carbocycles. The topological polar surface area (TPSA) is 77.5 Å². The van der Waals surface area contributed by atoms with Crippen molar-refractivity contribution in [3.05, 3.63) is 103 Å². The molecule has 1 N–H and O–H groups in total. The molecule has 6 nitrogen and oxygen atoms in total. The summed E-state index contributed by atoms with van der Waals surface area (Å²) in [5, 5.41) is 15.6. The van der Waals surface area contributed by atoms with E-state index in [1.54, 1.807) is 6.07 Å². The van der Waals surface area contributed by atoms with Gasteiger partial charge < -0.3 is 14.5 Å². The Bertz CT molecular complexity index is 883. The molecule has 0 fully saturated rings. The molecule has 0 aliphatic heterocycles. The van der Waals surface area contributed by atoms with Crippen LogP contribution in [0, 0.1) is 10.1 Å². The predicted molar refractivity (Wildman–Crippen MR) is 109 cm³/mol. The summed E-state index contributed by atoms with van der Waals surface area (Å²) in [5.41, 5.74) is 1.98. The summed E-state index contributed by atoms with van der Waals surface area (Å²) >= 11 is 18.3. The van der Waals surface area contributed by atoms with Gasteiger partial charge in [-0.2, -0.15) is 0 Å². The summed E-state index contributed by atoms with van der Waals surface area (Å²) in [5.74, 6) is 0. The second-order valence-corrected chi connectivity index (χ2v) is 6.99. The van der Waals surface area contributed by atoms with Crippen molar-refractivity contribution in [1.29, 1.82) is 0 Å². The van der Waals surface area contributed by atoms with Gasteiger partial charge in [-0.1, -0.05) is 53.0 Å². The lowest BCUT2D eigenvalue weighted by atomic mass is 10.1. The van der Waals surface area contributed by atoms with E-state index >= 15 is 0 Å². The molecule has 0 bridgehead atoms. The fourth-order valence-electron chi connectivity index (χ4n) is 2.46. The van der Waals surface area contributed by atoms with E-state index in [4.69, 9.17) is 54.9 Å². The van der Waals surface area contributed by atoms with Gasteiger partial charge in [0.2, 0.25) is 0 Å². The monoisotopic (exact) mass is 442 g/mol. The summed E-state index contributed by atoms with van der Waals surface area (Å²) in [7, 11) is 0. The molecule has 9 heteroatoms. The summed E-state index contributed by atoms with van der Waals surface area (Å²) in [6.45, 7) is 1.14. The van der Waals surface area contributed by atoms with Crippen molar-refractivity contribution in [1.82, 2.24) is 4.57 Å². The minimum Gasteiger partial charge on any atom is -0.367 e. The van der Waals surface area contributed by atoms with Gasteiger partial charge in [0.15, 0.2) is 0 Å². The standard InChI is InChI=1S/C19H16Cl3NO.HNO3/c20-15-5-3-14(4-6-15)13-24-19(12-23-9-1-2-10-23)17-8-7-16(21)11-18(17)22;2-1(3)4/h1-11,19H,12-13H2;(H,2,3,4). The molecule has 0 amide bonds. The highest BCUT2D eigenvalue weighted by molar-refractivity contribution is 6.35. The van der Waals surface area contributed by atoms with Gasteiger partial charge in [-0.25, -0.2) is 0 Å². The Labute approximate surface area is 176 Å². The number of rotatable bonds is 6. The zero-order chi connectivity index (χ0) is 20.5. The fraction of sp³-hybridized carbons (Fsp3) is 0.158. The van der Waals surface area contributed by atoms with Crippen molar-refractivity contribution in [3.8, 4) is 0 Å². The smallest absolute Gasteiger partial charge is 0.291 e. The van der Waals surface area contributed by atoms with Gasteiger partial charge in [0.1, 0.15) is 6.10 Å². The highest BCUT2D eigenvalue weighted by Gasteiger charge is 2.16. The van der Waals surface area contributed by atoms with Crippen molar-refractivity contribution in [2.45, 2.75) is 19.3 Å². The van der Waals surface area contributed by atoms with Crippen LogP contribution in [0.5, 0.6) is 0 Å². The number of halogens is 3. The predicted octanol–water partition coefficient (Wildman–Crippen LogP) is 6.06. The average molecular weight is 444 g/mol.